The molecule has 3 nitrogen and oxygen atoms in total. The van der Waals surface area contributed by atoms with Gasteiger partial charge in [-0.1, -0.05) is 43.3 Å². The first-order valence-electron chi connectivity index (χ1n) is 7.88. The Morgan fingerprint density at radius 1 is 1.17 bits per heavy atom. The molecule has 2 aromatic carbocycles. The van der Waals surface area contributed by atoms with Gasteiger partial charge in [-0.25, -0.2) is 0 Å². The first-order valence-corrected chi connectivity index (χ1v) is 8.69. The number of amides is 1. The first-order chi connectivity index (χ1) is 11.0. The van der Waals surface area contributed by atoms with Crippen molar-refractivity contribution in [2.24, 2.45) is 5.92 Å². The Bertz CT molecular complexity index is 666. The number of nitrogens with one attached hydrogen (secondary N) is 1. The topological polar surface area (TPSA) is 55.1 Å². The van der Waals surface area contributed by atoms with Crippen LogP contribution in [0.5, 0.6) is 0 Å². The molecule has 23 heavy (non-hydrogen) atoms. The molecule has 0 atom stereocenters. The van der Waals surface area contributed by atoms with Crippen LogP contribution in [0.15, 0.2) is 52.3 Å². The van der Waals surface area contributed by atoms with Crippen LogP contribution in [-0.2, 0) is 0 Å². The number of nitrogen functional groups attached to an aromatic ring is 1. The Morgan fingerprint density at radius 3 is 2.48 bits per heavy atom. The van der Waals surface area contributed by atoms with Gasteiger partial charge in [-0.2, -0.15) is 0 Å². The van der Waals surface area contributed by atoms with Gasteiger partial charge in [-0.3, -0.25) is 4.79 Å². The molecule has 0 aliphatic carbocycles. The quantitative estimate of drug-likeness (QED) is 0.767. The zero-order valence-electron chi connectivity index (χ0n) is 13.9. The van der Waals surface area contributed by atoms with Gasteiger partial charge in [-0.15, -0.1) is 0 Å². The molecule has 0 saturated carbocycles. The van der Waals surface area contributed by atoms with E-state index in [1.165, 1.54) is 5.56 Å². The van der Waals surface area contributed by atoms with E-state index in [4.69, 9.17) is 5.73 Å². The first kappa shape index (κ1) is 17.4. The van der Waals surface area contributed by atoms with Crippen molar-refractivity contribution in [3.8, 4) is 0 Å². The predicted molar refractivity (Wildman–Crippen MR) is 97.9 cm³/mol. The van der Waals surface area contributed by atoms with E-state index in [0.717, 1.165) is 16.2 Å². The van der Waals surface area contributed by atoms with Crippen LogP contribution in [0.25, 0.3) is 0 Å². The summed E-state index contributed by atoms with van der Waals surface area (Å²) in [4.78, 5) is 14.2. The molecule has 0 unspecified atom stereocenters. The predicted octanol–water partition coefficient (Wildman–Crippen LogP) is 4.50. The van der Waals surface area contributed by atoms with Crippen LogP contribution in [0.4, 0.5) is 5.69 Å². The summed E-state index contributed by atoms with van der Waals surface area (Å²) < 4.78 is 0. The molecule has 122 valence electrons. The van der Waals surface area contributed by atoms with Gasteiger partial charge in [-0.05, 0) is 49.6 Å². The summed E-state index contributed by atoms with van der Waals surface area (Å²) in [6, 6.07) is 13.8. The molecule has 0 fully saturated rings. The standard InChI is InChI=1S/C19H24N2OS/c1-13(2)10-11-21-19(22)15-6-9-18(17(20)12-15)23-16-7-4-14(3)5-8-16/h4-9,12-13H,10-11,20H2,1-3H3,(H,21,22). The SMILES string of the molecule is Cc1ccc(Sc2ccc(C(=O)NCCC(C)C)cc2N)cc1. The highest BCUT2D eigenvalue weighted by atomic mass is 32.2. The number of benzene rings is 2. The number of carbonyl (C=O) groups is 1. The fourth-order valence-corrected chi connectivity index (χ4v) is 2.93. The highest BCUT2D eigenvalue weighted by Gasteiger charge is 2.09. The van der Waals surface area contributed by atoms with Crippen molar-refractivity contribution in [1.82, 2.24) is 5.32 Å². The number of anilines is 1. The Labute approximate surface area is 142 Å². The highest BCUT2D eigenvalue weighted by Crippen LogP contribution is 2.32. The van der Waals surface area contributed by atoms with E-state index in [1.54, 1.807) is 17.8 Å². The van der Waals surface area contributed by atoms with E-state index < -0.39 is 0 Å². The lowest BCUT2D eigenvalue weighted by Gasteiger charge is -2.10. The van der Waals surface area contributed by atoms with Gasteiger partial charge < -0.3 is 11.1 Å². The Morgan fingerprint density at radius 2 is 1.87 bits per heavy atom. The number of hydrogen-bond acceptors (Lipinski definition) is 3. The number of aryl methyl sites for hydroxylation is 1. The van der Waals surface area contributed by atoms with E-state index >= 15 is 0 Å². The van der Waals surface area contributed by atoms with Crippen LogP contribution in [-0.4, -0.2) is 12.5 Å². The molecule has 0 aliphatic heterocycles. The molecule has 3 N–H and O–H groups in total. The zero-order chi connectivity index (χ0) is 16.8. The molecular weight excluding hydrogens is 304 g/mol. The number of nitrogens with two attached hydrogens (primary N) is 1. The number of carbonyl (C=O) groups excluding carboxylic acids is 1. The average Bonchev–Trinajstić information content (AvgIpc) is 2.51. The van der Waals surface area contributed by atoms with Crippen LogP contribution in [0.3, 0.4) is 0 Å². The van der Waals surface area contributed by atoms with Crippen molar-refractivity contribution in [2.75, 3.05) is 12.3 Å². The van der Waals surface area contributed by atoms with Gasteiger partial charge in [0.15, 0.2) is 0 Å². The second-order valence-electron chi connectivity index (χ2n) is 6.11. The van der Waals surface area contributed by atoms with Gasteiger partial charge in [0, 0.05) is 27.6 Å². The van der Waals surface area contributed by atoms with Gasteiger partial charge >= 0.3 is 0 Å². The molecule has 0 saturated heterocycles. The lowest BCUT2D eigenvalue weighted by atomic mass is 10.1. The largest absolute Gasteiger partial charge is 0.398 e. The molecule has 0 bridgehead atoms. The van der Waals surface area contributed by atoms with Crippen molar-refractivity contribution >= 4 is 23.4 Å². The van der Waals surface area contributed by atoms with Crippen molar-refractivity contribution in [3.63, 3.8) is 0 Å². The molecule has 0 radical (unpaired) electrons. The van der Waals surface area contributed by atoms with Crippen LogP contribution >= 0.6 is 11.8 Å². The van der Waals surface area contributed by atoms with Crippen LogP contribution < -0.4 is 11.1 Å². The van der Waals surface area contributed by atoms with Crippen molar-refractivity contribution < 1.29 is 4.79 Å². The summed E-state index contributed by atoms with van der Waals surface area (Å²) in [5, 5.41) is 2.93. The lowest BCUT2D eigenvalue weighted by Crippen LogP contribution is -2.25. The van der Waals surface area contributed by atoms with E-state index in [1.807, 2.05) is 12.1 Å². The maximum absolute atomic E-state index is 12.1. The lowest BCUT2D eigenvalue weighted by molar-refractivity contribution is 0.0952. The molecule has 0 aliphatic rings. The Hall–Kier alpha value is -1.94. The summed E-state index contributed by atoms with van der Waals surface area (Å²) in [7, 11) is 0. The molecule has 0 spiro atoms. The van der Waals surface area contributed by atoms with E-state index in [9.17, 15) is 4.79 Å². The van der Waals surface area contributed by atoms with E-state index in [-0.39, 0.29) is 5.91 Å². The van der Waals surface area contributed by atoms with Gasteiger partial charge in [0.05, 0.1) is 0 Å². The molecular formula is C19H24N2OS. The van der Waals surface area contributed by atoms with Crippen LogP contribution in [0.2, 0.25) is 0 Å². The molecule has 0 heterocycles. The second-order valence-corrected chi connectivity index (χ2v) is 7.22. The van der Waals surface area contributed by atoms with Crippen LogP contribution in [0.1, 0.15) is 36.2 Å². The minimum atomic E-state index is -0.0655. The minimum Gasteiger partial charge on any atom is -0.398 e. The summed E-state index contributed by atoms with van der Waals surface area (Å²) in [5.74, 6) is 0.512. The zero-order valence-corrected chi connectivity index (χ0v) is 14.7. The number of hydrogen-bond donors (Lipinski definition) is 2. The highest BCUT2D eigenvalue weighted by molar-refractivity contribution is 7.99. The number of rotatable bonds is 6. The Balaban J connectivity index is 2.02. The van der Waals surface area contributed by atoms with Gasteiger partial charge in [0.1, 0.15) is 0 Å². The second kappa shape index (κ2) is 8.06. The van der Waals surface area contributed by atoms with E-state index in [0.29, 0.717) is 23.7 Å². The molecule has 1 amide bonds. The summed E-state index contributed by atoms with van der Waals surface area (Å²) in [6.45, 7) is 7.04. The molecule has 0 aromatic heterocycles. The fraction of sp³-hybridized carbons (Fsp3) is 0.316. The van der Waals surface area contributed by atoms with Crippen molar-refractivity contribution in [3.05, 3.63) is 53.6 Å². The Kier molecular flexibility index (Phi) is 6.11. The maximum atomic E-state index is 12.1. The summed E-state index contributed by atoms with van der Waals surface area (Å²) >= 11 is 1.61. The summed E-state index contributed by atoms with van der Waals surface area (Å²) in [5.41, 5.74) is 8.59. The fourth-order valence-electron chi connectivity index (χ4n) is 2.09. The van der Waals surface area contributed by atoms with Gasteiger partial charge in [0.2, 0.25) is 0 Å². The average molecular weight is 328 g/mol. The van der Waals surface area contributed by atoms with Crippen molar-refractivity contribution in [1.29, 1.82) is 0 Å². The third-order valence-electron chi connectivity index (χ3n) is 3.53. The maximum Gasteiger partial charge on any atom is 0.251 e. The summed E-state index contributed by atoms with van der Waals surface area (Å²) in [6.07, 6.45) is 0.975. The molecule has 2 rings (SSSR count). The van der Waals surface area contributed by atoms with Gasteiger partial charge in [0.25, 0.3) is 5.91 Å². The van der Waals surface area contributed by atoms with E-state index in [2.05, 4.69) is 50.4 Å². The third kappa shape index (κ3) is 5.32. The molecule has 2 aromatic rings. The minimum absolute atomic E-state index is 0.0655. The normalized spacial score (nSPS) is 10.8. The molecule has 4 heteroatoms. The van der Waals surface area contributed by atoms with Crippen molar-refractivity contribution in [2.45, 2.75) is 37.0 Å². The van der Waals surface area contributed by atoms with Crippen LogP contribution in [0, 0.1) is 12.8 Å². The monoisotopic (exact) mass is 328 g/mol. The smallest absolute Gasteiger partial charge is 0.251 e. The third-order valence-corrected chi connectivity index (χ3v) is 4.63.